The molecule has 1 spiro atoms. The van der Waals surface area contributed by atoms with Crippen LogP contribution in [0.2, 0.25) is 0 Å². The van der Waals surface area contributed by atoms with Crippen LogP contribution >= 0.6 is 11.3 Å². The third-order valence-electron chi connectivity index (χ3n) is 12.5. The van der Waals surface area contributed by atoms with E-state index in [0.29, 0.717) is 11.5 Å². The van der Waals surface area contributed by atoms with Gasteiger partial charge in [-0.05, 0) is 106 Å². The highest BCUT2D eigenvalue weighted by molar-refractivity contribution is 7.19. The molecule has 3 heterocycles. The van der Waals surface area contributed by atoms with Gasteiger partial charge in [0.2, 0.25) is 5.95 Å². The van der Waals surface area contributed by atoms with Crippen LogP contribution < -0.4 is 0 Å². The summed E-state index contributed by atoms with van der Waals surface area (Å²) < 4.78 is 16.6. The van der Waals surface area contributed by atoms with E-state index in [2.05, 4.69) is 138 Å². The van der Waals surface area contributed by atoms with E-state index in [1.54, 1.807) is 11.3 Å². The fourth-order valence-corrected chi connectivity index (χ4v) is 11.1. The smallest absolute Gasteiger partial charge is 0.236 e. The van der Waals surface area contributed by atoms with Crippen molar-refractivity contribution >= 4 is 56.0 Å². The van der Waals surface area contributed by atoms with Crippen LogP contribution in [0.5, 0.6) is 0 Å². The molecule has 4 aliphatic rings. The van der Waals surface area contributed by atoms with E-state index in [-0.39, 0.29) is 5.41 Å². The Morgan fingerprint density at radius 2 is 1.26 bits per heavy atom. The molecule has 0 atom stereocenters. The number of benzene rings is 6. The Bertz CT molecular complexity index is 3290. The Morgan fingerprint density at radius 3 is 2.07 bits per heavy atom. The molecule has 0 fully saturated rings. The second kappa shape index (κ2) is 11.6. The van der Waals surface area contributed by atoms with Crippen molar-refractivity contribution in [1.29, 1.82) is 0 Å². The van der Waals surface area contributed by atoms with Gasteiger partial charge in [0.15, 0.2) is 16.7 Å². The largest absolute Gasteiger partial charge is 0.455 e. The average Bonchev–Trinajstić information content (AvgIpc) is 3.74. The molecule has 0 aliphatic heterocycles. The molecule has 3 aromatic heterocycles. The number of allylic oxidation sites excluding steroid dienone is 2. The van der Waals surface area contributed by atoms with Crippen LogP contribution in [0.1, 0.15) is 57.0 Å². The first-order chi connectivity index (χ1) is 28.3. The quantitative estimate of drug-likeness (QED) is 0.130. The third kappa shape index (κ3) is 4.23. The molecule has 270 valence electrons. The minimum absolute atomic E-state index is 0.387. The van der Waals surface area contributed by atoms with Gasteiger partial charge in [-0.3, -0.25) is 4.57 Å². The summed E-state index contributed by atoms with van der Waals surface area (Å²) in [4.78, 5) is 12.0. The van der Waals surface area contributed by atoms with E-state index in [1.165, 1.54) is 54.9 Å². The lowest BCUT2D eigenvalue weighted by molar-refractivity contribution is 0.530. The Balaban J connectivity index is 1.07. The van der Waals surface area contributed by atoms with Gasteiger partial charge in [-0.2, -0.15) is 0 Å². The molecule has 0 saturated heterocycles. The highest BCUT2D eigenvalue weighted by Crippen LogP contribution is 2.63. The highest BCUT2D eigenvalue weighted by Gasteiger charge is 2.51. The minimum atomic E-state index is -0.387. The van der Waals surface area contributed by atoms with Crippen molar-refractivity contribution in [2.75, 3.05) is 0 Å². The van der Waals surface area contributed by atoms with Crippen LogP contribution in [0.25, 0.3) is 84.1 Å². The lowest BCUT2D eigenvalue weighted by Gasteiger charge is -2.30. The number of hydrogen-bond acceptors (Lipinski definition) is 5. The summed E-state index contributed by atoms with van der Waals surface area (Å²) >= 11 is 1.74. The number of aromatic nitrogens is 3. The molecule has 0 unspecified atom stereocenters. The van der Waals surface area contributed by atoms with Gasteiger partial charge in [-0.25, -0.2) is 9.97 Å². The summed E-state index contributed by atoms with van der Waals surface area (Å²) in [6, 6.07) is 46.4. The molecule has 6 aromatic carbocycles. The van der Waals surface area contributed by atoms with Gasteiger partial charge in [0, 0.05) is 17.5 Å². The number of aryl methyl sites for hydroxylation is 1. The van der Waals surface area contributed by atoms with Gasteiger partial charge in [0.1, 0.15) is 5.76 Å². The van der Waals surface area contributed by atoms with Crippen molar-refractivity contribution in [3.63, 3.8) is 0 Å². The fraction of sp³-hybridized carbons (Fsp3) is 0.0980. The summed E-state index contributed by atoms with van der Waals surface area (Å²) in [5, 5.41) is 0. The molecular formula is C51H33N3O2S. The molecule has 0 amide bonds. The first-order valence-electron chi connectivity index (χ1n) is 19.8. The molecule has 0 N–H and O–H groups in total. The van der Waals surface area contributed by atoms with E-state index in [0.717, 1.165) is 75.3 Å². The first-order valence-corrected chi connectivity index (χ1v) is 20.6. The summed E-state index contributed by atoms with van der Waals surface area (Å²) in [5.74, 6) is 1.60. The van der Waals surface area contributed by atoms with Crippen molar-refractivity contribution in [2.24, 2.45) is 0 Å². The lowest BCUT2D eigenvalue weighted by Crippen LogP contribution is -2.25. The Morgan fingerprint density at radius 1 is 0.579 bits per heavy atom. The molecule has 0 bridgehead atoms. The topological polar surface area (TPSA) is 57.0 Å². The summed E-state index contributed by atoms with van der Waals surface area (Å²) in [7, 11) is 0. The monoisotopic (exact) mass is 751 g/mol. The second-order valence-corrected chi connectivity index (χ2v) is 16.5. The lowest BCUT2D eigenvalue weighted by atomic mass is 9.70. The number of nitrogens with zero attached hydrogens (tertiary/aromatic N) is 3. The van der Waals surface area contributed by atoms with Gasteiger partial charge >= 0.3 is 0 Å². The maximum atomic E-state index is 6.72. The van der Waals surface area contributed by atoms with Crippen molar-refractivity contribution in [3.05, 3.63) is 184 Å². The van der Waals surface area contributed by atoms with Crippen LogP contribution in [0, 0.1) is 0 Å². The highest BCUT2D eigenvalue weighted by atomic mass is 32.1. The van der Waals surface area contributed by atoms with E-state index >= 15 is 0 Å². The fourth-order valence-electron chi connectivity index (χ4n) is 10.1. The van der Waals surface area contributed by atoms with Gasteiger partial charge in [0.05, 0.1) is 37.4 Å². The van der Waals surface area contributed by atoms with E-state index in [1.807, 2.05) is 18.2 Å². The third-order valence-corrected chi connectivity index (χ3v) is 13.6. The zero-order valence-electron chi connectivity index (χ0n) is 30.8. The maximum Gasteiger partial charge on any atom is 0.236 e. The Kier molecular flexibility index (Phi) is 6.42. The number of hydrogen-bond donors (Lipinski definition) is 0. The van der Waals surface area contributed by atoms with Crippen molar-refractivity contribution in [1.82, 2.24) is 14.5 Å². The van der Waals surface area contributed by atoms with E-state index < -0.39 is 0 Å². The molecule has 57 heavy (non-hydrogen) atoms. The van der Waals surface area contributed by atoms with Crippen molar-refractivity contribution in [3.8, 4) is 39.5 Å². The summed E-state index contributed by atoms with van der Waals surface area (Å²) in [5.41, 5.74) is 18.2. The van der Waals surface area contributed by atoms with Crippen LogP contribution in [-0.2, 0) is 18.3 Å². The molecule has 6 heteroatoms. The van der Waals surface area contributed by atoms with Gasteiger partial charge in [0.25, 0.3) is 0 Å². The van der Waals surface area contributed by atoms with Crippen LogP contribution in [0.4, 0.5) is 0 Å². The average molecular weight is 752 g/mol. The maximum absolute atomic E-state index is 6.72. The molecule has 9 aromatic rings. The van der Waals surface area contributed by atoms with Crippen molar-refractivity contribution < 1.29 is 8.83 Å². The summed E-state index contributed by atoms with van der Waals surface area (Å²) in [6.45, 7) is 0. The van der Waals surface area contributed by atoms with Crippen LogP contribution in [-0.4, -0.2) is 14.5 Å². The zero-order valence-corrected chi connectivity index (χ0v) is 31.6. The van der Waals surface area contributed by atoms with E-state index in [4.69, 9.17) is 18.8 Å². The molecule has 13 rings (SSSR count). The molecule has 0 saturated carbocycles. The standard InChI is InChI=1S/C51H33N3O2S/c1-5-17-36-31(13-1)32-14-2-6-18-37(32)51(36)38-19-7-3-15-33(38)35-29-30(25-26-39(35)51)47-34-16-4-8-20-40(34)52-50(53-47)54-41-21-9-10-22-43(41)55-48-42(54)27-28-46-49(48)56-44-23-11-12-24-45(44)57-46/h1-3,5-10,12-15,17-22,24-29H,4,11,16,23H2. The number of rotatable bonds is 2. The van der Waals surface area contributed by atoms with Gasteiger partial charge < -0.3 is 8.83 Å². The Labute approximate surface area is 332 Å². The van der Waals surface area contributed by atoms with Gasteiger partial charge in [-0.1, -0.05) is 109 Å². The Hall–Kier alpha value is -6.76. The summed E-state index contributed by atoms with van der Waals surface area (Å²) in [6.07, 6.45) is 12.5. The number of para-hydroxylation sites is 2. The van der Waals surface area contributed by atoms with Crippen molar-refractivity contribution in [2.45, 2.75) is 31.1 Å². The normalized spacial score (nSPS) is 15.1. The predicted octanol–water partition coefficient (Wildman–Crippen LogP) is 13.0. The van der Waals surface area contributed by atoms with Gasteiger partial charge in [-0.15, -0.1) is 11.3 Å². The number of fused-ring (bicyclic) bond motifs is 16. The zero-order chi connectivity index (χ0) is 37.2. The molecular weight excluding hydrogens is 719 g/mol. The SMILES string of the molecule is C1=Cc2sc3ccc4c(oc5ccccc5n4-c4nc5c(c(-c6ccc7c(c6)-c6ccccc6C76c7ccccc7-c7ccccc76)n4)CCC=C5)c3oc2CC1. The minimum Gasteiger partial charge on any atom is -0.455 e. The van der Waals surface area contributed by atoms with Crippen LogP contribution in [0.3, 0.4) is 0 Å². The van der Waals surface area contributed by atoms with E-state index in [9.17, 15) is 0 Å². The molecule has 5 nitrogen and oxygen atoms in total. The molecule has 4 aliphatic carbocycles. The molecule has 0 radical (unpaired) electrons. The first kappa shape index (κ1) is 31.4. The predicted molar refractivity (Wildman–Crippen MR) is 230 cm³/mol. The van der Waals surface area contributed by atoms with Crippen LogP contribution in [0.15, 0.2) is 148 Å². The second-order valence-electron chi connectivity index (χ2n) is 15.4.